The van der Waals surface area contributed by atoms with Gasteiger partial charge >= 0.3 is 0 Å². The molecule has 3 aromatic rings. The minimum absolute atomic E-state index is 0.181. The van der Waals surface area contributed by atoms with Crippen LogP contribution in [0.15, 0.2) is 41.1 Å². The predicted molar refractivity (Wildman–Crippen MR) is 107 cm³/mol. The Morgan fingerprint density at radius 1 is 1.18 bits per heavy atom. The molecular weight excluding hydrogens is 427 g/mol. The highest BCUT2D eigenvalue weighted by atomic mass is 79.9. The minimum Gasteiger partial charge on any atom is -0.355 e. The summed E-state index contributed by atoms with van der Waals surface area (Å²) in [5.74, 6) is 0.515. The number of rotatable bonds is 4. The Bertz CT molecular complexity index is 1050. The number of amides is 1. The van der Waals surface area contributed by atoms with Crippen molar-refractivity contribution in [2.24, 2.45) is 5.92 Å². The zero-order chi connectivity index (χ0) is 19.8. The van der Waals surface area contributed by atoms with Gasteiger partial charge in [-0.15, -0.1) is 0 Å². The van der Waals surface area contributed by atoms with Crippen molar-refractivity contribution in [2.75, 3.05) is 23.3 Å². The molecule has 0 atom stereocenters. The van der Waals surface area contributed by atoms with E-state index in [1.165, 1.54) is 12.4 Å². The third-order valence-electron chi connectivity index (χ3n) is 4.63. The first kappa shape index (κ1) is 18.5. The Hall–Kier alpha value is -2.81. The van der Waals surface area contributed by atoms with Crippen molar-refractivity contribution < 1.29 is 9.18 Å². The van der Waals surface area contributed by atoms with E-state index in [9.17, 15) is 9.18 Å². The molecule has 9 heteroatoms. The number of carbonyl (C=O) groups is 1. The molecule has 3 heterocycles. The van der Waals surface area contributed by atoms with E-state index < -0.39 is 5.82 Å². The largest absolute Gasteiger partial charge is 0.355 e. The lowest BCUT2D eigenvalue weighted by atomic mass is 9.99. The Balaban J connectivity index is 1.42. The molecule has 0 bridgehead atoms. The summed E-state index contributed by atoms with van der Waals surface area (Å²) in [7, 11) is 0. The summed E-state index contributed by atoms with van der Waals surface area (Å²) in [5, 5.41) is 7.08. The van der Waals surface area contributed by atoms with E-state index in [0.717, 1.165) is 17.2 Å². The smallest absolute Gasteiger partial charge is 0.231 e. The molecule has 1 fully saturated rings. The summed E-state index contributed by atoms with van der Waals surface area (Å²) in [6.45, 7) is 4.92. The molecule has 1 aromatic carbocycles. The monoisotopic (exact) mass is 444 g/mol. The molecule has 1 aliphatic rings. The van der Waals surface area contributed by atoms with E-state index in [-0.39, 0.29) is 17.5 Å². The lowest BCUT2D eigenvalue weighted by Crippen LogP contribution is -2.52. The summed E-state index contributed by atoms with van der Waals surface area (Å²) in [6, 6.07) is 8.38. The standard InChI is InChI=1S/C19H18BrFN6O/c1-11-5-12(2)27(25-11)18-7-17(22-10-23-18)26-8-13(9-26)19(28)24-16-4-3-14(20)6-15(16)21/h3-7,10,13H,8-9H2,1-2H3,(H,24,28). The molecule has 0 spiro atoms. The maximum Gasteiger partial charge on any atom is 0.231 e. The van der Waals surface area contributed by atoms with Gasteiger partial charge in [-0.3, -0.25) is 4.79 Å². The lowest BCUT2D eigenvalue weighted by Gasteiger charge is -2.39. The van der Waals surface area contributed by atoms with Crippen LogP contribution in [-0.4, -0.2) is 38.7 Å². The van der Waals surface area contributed by atoms with E-state index in [1.54, 1.807) is 16.8 Å². The number of aryl methyl sites for hydroxylation is 2. The number of aromatic nitrogens is 4. The summed E-state index contributed by atoms with van der Waals surface area (Å²) in [4.78, 5) is 23.0. The summed E-state index contributed by atoms with van der Waals surface area (Å²) < 4.78 is 16.3. The fourth-order valence-electron chi connectivity index (χ4n) is 3.14. The summed E-state index contributed by atoms with van der Waals surface area (Å²) in [6.07, 6.45) is 1.49. The minimum atomic E-state index is -0.468. The summed E-state index contributed by atoms with van der Waals surface area (Å²) in [5.41, 5.74) is 2.08. The Kier molecular flexibility index (Phi) is 4.84. The fraction of sp³-hybridized carbons (Fsp3) is 0.263. The molecule has 1 N–H and O–H groups in total. The van der Waals surface area contributed by atoms with E-state index in [2.05, 4.69) is 36.3 Å². The van der Waals surface area contributed by atoms with Crippen molar-refractivity contribution >= 4 is 33.3 Å². The topological polar surface area (TPSA) is 75.9 Å². The first-order valence-corrected chi connectivity index (χ1v) is 9.56. The predicted octanol–water partition coefficient (Wildman–Crippen LogP) is 3.26. The fourth-order valence-corrected chi connectivity index (χ4v) is 3.48. The lowest BCUT2D eigenvalue weighted by molar-refractivity contribution is -0.120. The van der Waals surface area contributed by atoms with Crippen molar-refractivity contribution in [1.29, 1.82) is 0 Å². The van der Waals surface area contributed by atoms with E-state index >= 15 is 0 Å². The highest BCUT2D eigenvalue weighted by Crippen LogP contribution is 2.26. The number of nitrogens with zero attached hydrogens (tertiary/aromatic N) is 5. The number of hydrogen-bond donors (Lipinski definition) is 1. The SMILES string of the molecule is Cc1cc(C)n(-c2cc(N3CC(C(=O)Nc4ccc(Br)cc4F)C3)ncn2)n1. The zero-order valence-corrected chi connectivity index (χ0v) is 16.9. The van der Waals surface area contributed by atoms with Crippen LogP contribution in [0.25, 0.3) is 5.82 Å². The Morgan fingerprint density at radius 2 is 1.93 bits per heavy atom. The Labute approximate surface area is 169 Å². The van der Waals surface area contributed by atoms with Crippen LogP contribution in [0.1, 0.15) is 11.4 Å². The van der Waals surface area contributed by atoms with Crippen molar-refractivity contribution in [1.82, 2.24) is 19.7 Å². The van der Waals surface area contributed by atoms with Crippen molar-refractivity contribution in [3.05, 3.63) is 58.3 Å². The Morgan fingerprint density at radius 3 is 2.61 bits per heavy atom. The average molecular weight is 445 g/mol. The van der Waals surface area contributed by atoms with Gasteiger partial charge in [-0.2, -0.15) is 5.10 Å². The van der Waals surface area contributed by atoms with Crippen LogP contribution < -0.4 is 10.2 Å². The molecule has 7 nitrogen and oxygen atoms in total. The second kappa shape index (κ2) is 7.31. The van der Waals surface area contributed by atoms with E-state index in [4.69, 9.17) is 0 Å². The molecule has 1 amide bonds. The van der Waals surface area contributed by atoms with Gasteiger partial charge in [-0.1, -0.05) is 15.9 Å². The highest BCUT2D eigenvalue weighted by Gasteiger charge is 2.34. The molecule has 0 unspecified atom stereocenters. The number of anilines is 2. The van der Waals surface area contributed by atoms with Crippen molar-refractivity contribution in [3.8, 4) is 5.82 Å². The number of nitrogens with one attached hydrogen (secondary N) is 1. The van der Waals surface area contributed by atoms with Gasteiger partial charge in [0.1, 0.15) is 18.0 Å². The van der Waals surface area contributed by atoms with Crippen LogP contribution in [-0.2, 0) is 4.79 Å². The third kappa shape index (κ3) is 3.62. The van der Waals surface area contributed by atoms with Gasteiger partial charge in [0.15, 0.2) is 5.82 Å². The highest BCUT2D eigenvalue weighted by molar-refractivity contribution is 9.10. The maximum absolute atomic E-state index is 13.9. The quantitative estimate of drug-likeness (QED) is 0.668. The van der Waals surface area contributed by atoms with E-state index in [1.807, 2.05) is 30.9 Å². The molecule has 2 aromatic heterocycles. The first-order chi connectivity index (χ1) is 13.4. The van der Waals surface area contributed by atoms with Crippen LogP contribution in [0, 0.1) is 25.6 Å². The van der Waals surface area contributed by atoms with Gasteiger partial charge in [0.25, 0.3) is 0 Å². The van der Waals surface area contributed by atoms with Gasteiger partial charge in [0.05, 0.1) is 17.3 Å². The van der Waals surface area contributed by atoms with E-state index in [0.29, 0.717) is 23.4 Å². The third-order valence-corrected chi connectivity index (χ3v) is 5.12. The van der Waals surface area contributed by atoms with Crippen LogP contribution in [0.5, 0.6) is 0 Å². The second-order valence-corrected chi connectivity index (χ2v) is 7.70. The molecule has 1 saturated heterocycles. The molecule has 1 aliphatic heterocycles. The second-order valence-electron chi connectivity index (χ2n) is 6.79. The molecule has 0 saturated carbocycles. The molecule has 144 valence electrons. The number of halogens is 2. The zero-order valence-electron chi connectivity index (χ0n) is 15.4. The number of carbonyl (C=O) groups excluding carboxylic acids is 1. The van der Waals surface area contributed by atoms with Gasteiger partial charge in [0, 0.05) is 29.3 Å². The summed E-state index contributed by atoms with van der Waals surface area (Å²) >= 11 is 3.20. The number of benzene rings is 1. The van der Waals surface area contributed by atoms with Gasteiger partial charge in [-0.25, -0.2) is 19.0 Å². The van der Waals surface area contributed by atoms with Gasteiger partial charge in [0.2, 0.25) is 5.91 Å². The van der Waals surface area contributed by atoms with Gasteiger partial charge in [-0.05, 0) is 38.1 Å². The van der Waals surface area contributed by atoms with Crippen molar-refractivity contribution in [3.63, 3.8) is 0 Å². The average Bonchev–Trinajstić information content (AvgIpc) is 2.95. The molecule has 28 heavy (non-hydrogen) atoms. The van der Waals surface area contributed by atoms with Gasteiger partial charge < -0.3 is 10.2 Å². The normalized spacial score (nSPS) is 14.1. The maximum atomic E-state index is 13.9. The first-order valence-electron chi connectivity index (χ1n) is 8.77. The number of hydrogen-bond acceptors (Lipinski definition) is 5. The van der Waals surface area contributed by atoms with Crippen LogP contribution >= 0.6 is 15.9 Å². The van der Waals surface area contributed by atoms with Crippen molar-refractivity contribution in [2.45, 2.75) is 13.8 Å². The van der Waals surface area contributed by atoms with Crippen LogP contribution in [0.2, 0.25) is 0 Å². The molecule has 0 aliphatic carbocycles. The molecule has 0 radical (unpaired) electrons. The molecule has 4 rings (SSSR count). The van der Waals surface area contributed by atoms with Crippen LogP contribution in [0.4, 0.5) is 15.9 Å². The molecular formula is C19H18BrFN6O. The van der Waals surface area contributed by atoms with Crippen LogP contribution in [0.3, 0.4) is 0 Å².